The number of aliphatic imine (C=N–C) groups is 1. The van der Waals surface area contributed by atoms with E-state index >= 15 is 0 Å². The summed E-state index contributed by atoms with van der Waals surface area (Å²) >= 11 is 0. The first-order valence-electron chi connectivity index (χ1n) is 9.64. The molecule has 0 saturated heterocycles. The molecule has 0 aliphatic carbocycles. The minimum Gasteiger partial charge on any atom is -0.477 e. The maximum atomic E-state index is 6.81. The summed E-state index contributed by atoms with van der Waals surface area (Å²) in [6.45, 7) is 11.6. The third-order valence-corrected chi connectivity index (χ3v) is 6.62. The Morgan fingerprint density at radius 2 is 1.48 bits per heavy atom. The van der Waals surface area contributed by atoms with Crippen molar-refractivity contribution in [2.75, 3.05) is 6.61 Å². The monoisotopic (exact) mass is 383 g/mol. The van der Waals surface area contributed by atoms with Gasteiger partial charge in [-0.3, -0.25) is 0 Å². The van der Waals surface area contributed by atoms with Crippen LogP contribution in [0.3, 0.4) is 0 Å². The fourth-order valence-corrected chi connectivity index (χ4v) is 5.01. The molecule has 0 bridgehead atoms. The van der Waals surface area contributed by atoms with Gasteiger partial charge in [-0.25, -0.2) is 4.99 Å². The number of ether oxygens (including phenoxy) is 1. The summed E-state index contributed by atoms with van der Waals surface area (Å²) in [5, 5.41) is 2.40. The molecule has 27 heavy (non-hydrogen) atoms. The zero-order valence-electron chi connectivity index (χ0n) is 16.9. The molecule has 1 aliphatic rings. The molecule has 2 atom stereocenters. The molecular formula is C23H30NO2P. The fourth-order valence-electron chi connectivity index (χ4n) is 2.97. The van der Waals surface area contributed by atoms with Gasteiger partial charge in [-0.2, -0.15) is 0 Å². The topological polar surface area (TPSA) is 30.8 Å². The first kappa shape index (κ1) is 20.0. The van der Waals surface area contributed by atoms with Crippen molar-refractivity contribution in [3.8, 4) is 0 Å². The van der Waals surface area contributed by atoms with Crippen molar-refractivity contribution in [3.63, 3.8) is 0 Å². The number of hydrogen-bond donors (Lipinski definition) is 0. The molecule has 4 heteroatoms. The molecule has 0 unspecified atom stereocenters. The van der Waals surface area contributed by atoms with Crippen LogP contribution >= 0.6 is 8.15 Å². The van der Waals surface area contributed by atoms with Crippen LogP contribution in [-0.2, 0) is 9.26 Å². The molecule has 0 spiro atoms. The average molecular weight is 383 g/mol. The van der Waals surface area contributed by atoms with Crippen molar-refractivity contribution >= 4 is 24.7 Å². The van der Waals surface area contributed by atoms with E-state index in [4.69, 9.17) is 14.3 Å². The molecule has 2 aromatic carbocycles. The van der Waals surface area contributed by atoms with Gasteiger partial charge in [0.25, 0.3) is 0 Å². The summed E-state index contributed by atoms with van der Waals surface area (Å²) in [6.07, 6.45) is -0.187. The second kappa shape index (κ2) is 8.54. The Morgan fingerprint density at radius 1 is 0.963 bits per heavy atom. The highest BCUT2D eigenvalue weighted by atomic mass is 31.1. The standard InChI is InChI=1S/C23H30NO2P/c1-17(2)20-16-25-22(24-20)21(23(3,4)5)26-27(18-12-8-6-9-13-18)19-14-10-7-11-15-19/h6-15,17,20-21H,16H2,1-5H3/t20-,21+/m1/s1. The van der Waals surface area contributed by atoms with Crippen LogP contribution in [0.2, 0.25) is 0 Å². The second-order valence-electron chi connectivity index (χ2n) is 8.41. The first-order valence-corrected chi connectivity index (χ1v) is 10.9. The van der Waals surface area contributed by atoms with E-state index < -0.39 is 8.15 Å². The van der Waals surface area contributed by atoms with Crippen LogP contribution in [0.25, 0.3) is 0 Å². The largest absolute Gasteiger partial charge is 0.477 e. The lowest BCUT2D eigenvalue weighted by molar-refractivity contribution is 0.134. The summed E-state index contributed by atoms with van der Waals surface area (Å²) < 4.78 is 12.8. The number of hydrogen-bond acceptors (Lipinski definition) is 3. The number of rotatable bonds is 6. The molecule has 0 N–H and O–H groups in total. The zero-order chi connectivity index (χ0) is 19.4. The Bertz CT molecular complexity index is 713. The molecule has 0 saturated carbocycles. The Labute approximate surface area is 164 Å². The highest BCUT2D eigenvalue weighted by molar-refractivity contribution is 7.68. The van der Waals surface area contributed by atoms with Gasteiger partial charge in [-0.1, -0.05) is 95.3 Å². The third kappa shape index (κ3) is 4.97. The first-order chi connectivity index (χ1) is 12.9. The Kier molecular flexibility index (Phi) is 6.34. The van der Waals surface area contributed by atoms with E-state index in [0.29, 0.717) is 12.5 Å². The van der Waals surface area contributed by atoms with Gasteiger partial charge in [0.1, 0.15) is 12.7 Å². The van der Waals surface area contributed by atoms with Crippen molar-refractivity contribution in [2.45, 2.75) is 46.8 Å². The fraction of sp³-hybridized carbons (Fsp3) is 0.435. The van der Waals surface area contributed by atoms with Crippen molar-refractivity contribution in [1.29, 1.82) is 0 Å². The van der Waals surface area contributed by atoms with E-state index in [1.807, 2.05) is 12.1 Å². The third-order valence-electron chi connectivity index (χ3n) is 4.67. The van der Waals surface area contributed by atoms with E-state index in [0.717, 1.165) is 5.90 Å². The van der Waals surface area contributed by atoms with E-state index in [1.165, 1.54) is 10.6 Å². The van der Waals surface area contributed by atoms with Crippen LogP contribution in [0.15, 0.2) is 65.7 Å². The minimum atomic E-state index is -0.961. The van der Waals surface area contributed by atoms with Crippen LogP contribution in [0.5, 0.6) is 0 Å². The summed E-state index contributed by atoms with van der Waals surface area (Å²) in [6, 6.07) is 21.2. The summed E-state index contributed by atoms with van der Waals surface area (Å²) in [5.41, 5.74) is -0.116. The zero-order valence-corrected chi connectivity index (χ0v) is 17.8. The quantitative estimate of drug-likeness (QED) is 0.663. The summed E-state index contributed by atoms with van der Waals surface area (Å²) in [4.78, 5) is 4.87. The van der Waals surface area contributed by atoms with Gasteiger partial charge < -0.3 is 9.26 Å². The molecule has 1 aliphatic heterocycles. The van der Waals surface area contributed by atoms with Crippen molar-refractivity contribution < 1.29 is 9.26 Å². The molecule has 0 radical (unpaired) electrons. The van der Waals surface area contributed by atoms with E-state index in [1.54, 1.807) is 0 Å². The highest BCUT2D eigenvalue weighted by Gasteiger charge is 2.38. The van der Waals surface area contributed by atoms with Gasteiger partial charge in [0, 0.05) is 10.6 Å². The smallest absolute Gasteiger partial charge is 0.214 e. The van der Waals surface area contributed by atoms with Gasteiger partial charge in [-0.05, 0) is 11.3 Å². The van der Waals surface area contributed by atoms with Crippen LogP contribution in [0, 0.1) is 11.3 Å². The molecule has 3 rings (SSSR count). The summed E-state index contributed by atoms with van der Waals surface area (Å²) in [7, 11) is -0.961. The van der Waals surface area contributed by atoms with Crippen LogP contribution in [0.1, 0.15) is 34.6 Å². The molecule has 1 heterocycles. The molecule has 0 aromatic heterocycles. The highest BCUT2D eigenvalue weighted by Crippen LogP contribution is 2.41. The van der Waals surface area contributed by atoms with Crippen LogP contribution in [0.4, 0.5) is 0 Å². The SMILES string of the molecule is CC(C)[C@H]1COC([C@H](OP(c2ccccc2)c2ccccc2)C(C)(C)C)=N1. The van der Waals surface area contributed by atoms with Crippen molar-refractivity contribution in [3.05, 3.63) is 60.7 Å². The Hall–Kier alpha value is -1.70. The predicted octanol–water partition coefficient (Wildman–Crippen LogP) is 4.92. The van der Waals surface area contributed by atoms with Crippen molar-refractivity contribution in [2.24, 2.45) is 16.3 Å². The lowest BCUT2D eigenvalue weighted by atomic mass is 9.89. The van der Waals surface area contributed by atoms with Crippen molar-refractivity contribution in [1.82, 2.24) is 0 Å². The normalized spacial score (nSPS) is 18.5. The number of nitrogens with zero attached hydrogens (tertiary/aromatic N) is 1. The summed E-state index contributed by atoms with van der Waals surface area (Å²) in [5.74, 6) is 1.22. The average Bonchev–Trinajstić information content (AvgIpc) is 3.13. The van der Waals surface area contributed by atoms with Crippen LogP contribution < -0.4 is 10.6 Å². The molecular weight excluding hydrogens is 353 g/mol. The van der Waals surface area contributed by atoms with Gasteiger partial charge in [0.2, 0.25) is 5.90 Å². The molecule has 144 valence electrons. The molecule has 0 amide bonds. The van der Waals surface area contributed by atoms with E-state index in [2.05, 4.69) is 83.1 Å². The molecule has 3 nitrogen and oxygen atoms in total. The lowest BCUT2D eigenvalue weighted by Gasteiger charge is -2.33. The minimum absolute atomic E-state index is 0.116. The second-order valence-corrected chi connectivity index (χ2v) is 10.2. The van der Waals surface area contributed by atoms with Gasteiger partial charge in [0.05, 0.1) is 14.2 Å². The van der Waals surface area contributed by atoms with Crippen LogP contribution in [-0.4, -0.2) is 24.7 Å². The molecule has 0 fully saturated rings. The Balaban J connectivity index is 1.95. The van der Waals surface area contributed by atoms with Gasteiger partial charge in [-0.15, -0.1) is 0 Å². The Morgan fingerprint density at radius 3 is 1.89 bits per heavy atom. The number of benzene rings is 2. The van der Waals surface area contributed by atoms with Gasteiger partial charge >= 0.3 is 0 Å². The predicted molar refractivity (Wildman–Crippen MR) is 115 cm³/mol. The van der Waals surface area contributed by atoms with E-state index in [9.17, 15) is 0 Å². The lowest BCUT2D eigenvalue weighted by Crippen LogP contribution is -2.38. The molecule has 2 aromatic rings. The maximum Gasteiger partial charge on any atom is 0.214 e. The van der Waals surface area contributed by atoms with Gasteiger partial charge in [0.15, 0.2) is 0 Å². The maximum absolute atomic E-state index is 6.81. The van der Waals surface area contributed by atoms with E-state index in [-0.39, 0.29) is 17.6 Å².